The minimum absolute atomic E-state index is 0.0417. The predicted molar refractivity (Wildman–Crippen MR) is 80.5 cm³/mol. The summed E-state index contributed by atoms with van der Waals surface area (Å²) < 4.78 is 0. The van der Waals surface area contributed by atoms with Gasteiger partial charge in [-0.2, -0.15) is 0 Å². The molecule has 0 unspecified atom stereocenters. The Labute approximate surface area is 123 Å². The molecule has 1 aromatic heterocycles. The summed E-state index contributed by atoms with van der Waals surface area (Å²) in [7, 11) is 0. The zero-order chi connectivity index (χ0) is 14.1. The van der Waals surface area contributed by atoms with Gasteiger partial charge in [-0.05, 0) is 25.1 Å². The molecule has 0 saturated heterocycles. The fraction of sp³-hybridized carbons (Fsp3) is 0.154. The van der Waals surface area contributed by atoms with Gasteiger partial charge < -0.3 is 5.32 Å². The van der Waals surface area contributed by atoms with E-state index >= 15 is 0 Å². The van der Waals surface area contributed by atoms with Crippen molar-refractivity contribution in [1.29, 1.82) is 0 Å². The number of anilines is 2. The van der Waals surface area contributed by atoms with Crippen LogP contribution in [0.4, 0.5) is 10.8 Å². The van der Waals surface area contributed by atoms with E-state index in [-0.39, 0.29) is 17.1 Å². The van der Waals surface area contributed by atoms with Gasteiger partial charge in [0.05, 0.1) is 10.9 Å². The number of benzene rings is 1. The highest BCUT2D eigenvalue weighted by Gasteiger charge is 2.23. The lowest BCUT2D eigenvalue weighted by molar-refractivity contribution is -0.115. The summed E-state index contributed by atoms with van der Waals surface area (Å²) in [6.45, 7) is 1.85. The van der Waals surface area contributed by atoms with Gasteiger partial charge in [-0.15, -0.1) is 23.1 Å². The lowest BCUT2D eigenvalue weighted by Gasteiger charge is -2.21. The highest BCUT2D eigenvalue weighted by Crippen LogP contribution is 2.36. The first-order chi connectivity index (χ1) is 9.63. The lowest BCUT2D eigenvalue weighted by Crippen LogP contribution is -2.26. The molecule has 5 nitrogen and oxygen atoms in total. The normalized spacial score (nSPS) is 17.2. The van der Waals surface area contributed by atoms with E-state index in [4.69, 9.17) is 0 Å². The van der Waals surface area contributed by atoms with Crippen LogP contribution in [0.3, 0.4) is 0 Å². The van der Waals surface area contributed by atoms with Crippen molar-refractivity contribution in [3.05, 3.63) is 35.3 Å². The molecular formula is C13H11N3O2S2. The third-order valence-electron chi connectivity index (χ3n) is 2.83. The van der Waals surface area contributed by atoms with E-state index in [1.54, 1.807) is 23.7 Å². The molecule has 20 heavy (non-hydrogen) atoms. The molecular weight excluding hydrogens is 294 g/mol. The SMILES string of the molecule is C[C@@H]1Sc2ccc(C(=O)Nc3nccs3)cc2NC1=O. The van der Waals surface area contributed by atoms with Crippen LogP contribution in [-0.4, -0.2) is 22.0 Å². The second-order valence-electron chi connectivity index (χ2n) is 4.25. The number of thiazole rings is 1. The van der Waals surface area contributed by atoms with Gasteiger partial charge in [0, 0.05) is 22.0 Å². The van der Waals surface area contributed by atoms with E-state index in [1.807, 2.05) is 13.0 Å². The first kappa shape index (κ1) is 13.1. The Hall–Kier alpha value is -1.86. The van der Waals surface area contributed by atoms with Crippen molar-refractivity contribution in [3.63, 3.8) is 0 Å². The number of rotatable bonds is 2. The monoisotopic (exact) mass is 305 g/mol. The summed E-state index contributed by atoms with van der Waals surface area (Å²) in [6, 6.07) is 5.29. The largest absolute Gasteiger partial charge is 0.324 e. The van der Waals surface area contributed by atoms with Gasteiger partial charge >= 0.3 is 0 Å². The number of fused-ring (bicyclic) bond motifs is 1. The van der Waals surface area contributed by atoms with E-state index < -0.39 is 0 Å². The number of hydrogen-bond acceptors (Lipinski definition) is 5. The van der Waals surface area contributed by atoms with E-state index in [2.05, 4.69) is 15.6 Å². The van der Waals surface area contributed by atoms with E-state index in [1.165, 1.54) is 23.1 Å². The van der Waals surface area contributed by atoms with Crippen LogP contribution in [0.5, 0.6) is 0 Å². The zero-order valence-electron chi connectivity index (χ0n) is 10.5. The molecule has 0 saturated carbocycles. The Morgan fingerprint density at radius 1 is 1.45 bits per heavy atom. The molecule has 1 aliphatic heterocycles. The number of thioether (sulfide) groups is 1. The molecule has 2 heterocycles. The average Bonchev–Trinajstić information content (AvgIpc) is 2.92. The molecule has 2 N–H and O–H groups in total. The highest BCUT2D eigenvalue weighted by molar-refractivity contribution is 8.00. The zero-order valence-corrected chi connectivity index (χ0v) is 12.2. The maximum Gasteiger partial charge on any atom is 0.257 e. The Morgan fingerprint density at radius 3 is 3.05 bits per heavy atom. The topological polar surface area (TPSA) is 71.1 Å². The number of carbonyl (C=O) groups excluding carboxylic acids is 2. The number of hydrogen-bond donors (Lipinski definition) is 2. The quantitative estimate of drug-likeness (QED) is 0.895. The summed E-state index contributed by atoms with van der Waals surface area (Å²) >= 11 is 2.85. The molecule has 2 aromatic rings. The summed E-state index contributed by atoms with van der Waals surface area (Å²) in [5.41, 5.74) is 1.18. The van der Waals surface area contributed by atoms with Crippen LogP contribution in [0.15, 0.2) is 34.7 Å². The first-order valence-electron chi connectivity index (χ1n) is 5.96. The minimum Gasteiger partial charge on any atom is -0.324 e. The molecule has 7 heteroatoms. The van der Waals surface area contributed by atoms with Gasteiger partial charge in [0.25, 0.3) is 5.91 Å². The molecule has 0 bridgehead atoms. The van der Waals surface area contributed by atoms with E-state index in [9.17, 15) is 9.59 Å². The van der Waals surface area contributed by atoms with Crippen LogP contribution < -0.4 is 10.6 Å². The lowest BCUT2D eigenvalue weighted by atomic mass is 10.2. The highest BCUT2D eigenvalue weighted by atomic mass is 32.2. The Morgan fingerprint density at radius 2 is 2.30 bits per heavy atom. The minimum atomic E-state index is -0.236. The van der Waals surface area contributed by atoms with Gasteiger partial charge in [0.1, 0.15) is 0 Å². The van der Waals surface area contributed by atoms with Crippen LogP contribution >= 0.6 is 23.1 Å². The summed E-state index contributed by atoms with van der Waals surface area (Å²) in [5, 5.41) is 7.76. The van der Waals surface area contributed by atoms with Crippen LogP contribution in [0.2, 0.25) is 0 Å². The molecule has 102 valence electrons. The second kappa shape index (κ2) is 5.26. The average molecular weight is 305 g/mol. The molecule has 1 aromatic carbocycles. The van der Waals surface area contributed by atoms with Crippen molar-refractivity contribution in [3.8, 4) is 0 Å². The Kier molecular flexibility index (Phi) is 3.45. The summed E-state index contributed by atoms with van der Waals surface area (Å²) in [6.07, 6.45) is 1.63. The number of amides is 2. The maximum atomic E-state index is 12.1. The van der Waals surface area contributed by atoms with Crippen molar-refractivity contribution >= 4 is 45.7 Å². The predicted octanol–water partition coefficient (Wildman–Crippen LogP) is 2.83. The molecule has 1 aliphatic rings. The van der Waals surface area contributed by atoms with Gasteiger partial charge in [0.15, 0.2) is 5.13 Å². The maximum absolute atomic E-state index is 12.1. The second-order valence-corrected chi connectivity index (χ2v) is 6.53. The number of nitrogens with one attached hydrogen (secondary N) is 2. The van der Waals surface area contributed by atoms with Crippen molar-refractivity contribution in [1.82, 2.24) is 4.98 Å². The molecule has 2 amide bonds. The number of aromatic nitrogens is 1. The third kappa shape index (κ3) is 2.54. The van der Waals surface area contributed by atoms with Crippen LogP contribution in [0.25, 0.3) is 0 Å². The molecule has 0 spiro atoms. The fourth-order valence-electron chi connectivity index (χ4n) is 1.80. The van der Waals surface area contributed by atoms with Gasteiger partial charge in [-0.25, -0.2) is 4.98 Å². The smallest absolute Gasteiger partial charge is 0.257 e. The molecule has 3 rings (SSSR count). The Balaban J connectivity index is 1.83. The number of carbonyl (C=O) groups is 2. The standard InChI is InChI=1S/C13H11N3O2S2/c1-7-11(17)15-9-6-8(2-3-10(9)20-7)12(18)16-13-14-4-5-19-13/h2-7H,1H3,(H,15,17)(H,14,16,18)/t7-/m0/s1. The van der Waals surface area contributed by atoms with Crippen molar-refractivity contribution in [2.45, 2.75) is 17.1 Å². The molecule has 0 radical (unpaired) electrons. The van der Waals surface area contributed by atoms with Crippen molar-refractivity contribution in [2.75, 3.05) is 10.6 Å². The van der Waals surface area contributed by atoms with Crippen molar-refractivity contribution < 1.29 is 9.59 Å². The fourth-order valence-corrected chi connectivity index (χ4v) is 3.26. The van der Waals surface area contributed by atoms with E-state index in [0.717, 1.165) is 4.90 Å². The van der Waals surface area contributed by atoms with Gasteiger partial charge in [-0.3, -0.25) is 14.9 Å². The molecule has 0 aliphatic carbocycles. The van der Waals surface area contributed by atoms with Crippen molar-refractivity contribution in [2.24, 2.45) is 0 Å². The first-order valence-corrected chi connectivity index (χ1v) is 7.72. The van der Waals surface area contributed by atoms with Crippen LogP contribution in [-0.2, 0) is 4.79 Å². The van der Waals surface area contributed by atoms with Gasteiger partial charge in [0.2, 0.25) is 5.91 Å². The summed E-state index contributed by atoms with van der Waals surface area (Å²) in [4.78, 5) is 28.7. The van der Waals surface area contributed by atoms with Crippen LogP contribution in [0.1, 0.15) is 17.3 Å². The van der Waals surface area contributed by atoms with Crippen LogP contribution in [0, 0.1) is 0 Å². The number of nitrogens with zero attached hydrogens (tertiary/aromatic N) is 1. The Bertz CT molecular complexity index is 670. The van der Waals surface area contributed by atoms with Gasteiger partial charge in [-0.1, -0.05) is 0 Å². The summed E-state index contributed by atoms with van der Waals surface area (Å²) in [5.74, 6) is -0.277. The van der Waals surface area contributed by atoms with E-state index in [0.29, 0.717) is 16.4 Å². The molecule has 1 atom stereocenters. The third-order valence-corrected chi connectivity index (χ3v) is 4.69. The molecule has 0 fully saturated rings.